The van der Waals surface area contributed by atoms with Crippen LogP contribution in [-0.4, -0.2) is 23.9 Å². The molecular formula is C38H34O8. The predicted molar refractivity (Wildman–Crippen MR) is 179 cm³/mol. The van der Waals surface area contributed by atoms with Crippen LogP contribution in [0.2, 0.25) is 0 Å². The van der Waals surface area contributed by atoms with Gasteiger partial charge in [-0.3, -0.25) is 0 Å². The second kappa shape index (κ2) is 15.6. The molecule has 0 N–H and O–H groups in total. The summed E-state index contributed by atoms with van der Waals surface area (Å²) in [5.74, 6) is -1.64. The Kier molecular flexibility index (Phi) is 11.7. The molecule has 0 aliphatic rings. The fraction of sp³-hybridized carbons (Fsp3) is 0.105. The molecule has 3 rings (SSSR count). The lowest BCUT2D eigenvalue weighted by atomic mass is 10.1. The standard InChI is InChI=1S/C38H34O8/c1-23(2)35(39)43-31-19-17-29(33(21-31)45-37(41)25(5)6)15-13-27-9-11-28(12-10-27)14-16-30-18-20-32(44-36(40)24(3)4)22-34(30)46-38(42)26(7)8/h9-22H,1,3,5,7H2,2,4,6,8H3/b15-13+,16-14+. The van der Waals surface area contributed by atoms with Crippen molar-refractivity contribution in [3.05, 3.63) is 132 Å². The maximum Gasteiger partial charge on any atom is 0.338 e. The number of hydrogen-bond donors (Lipinski definition) is 0. The first-order chi connectivity index (χ1) is 21.7. The molecule has 0 saturated heterocycles. The summed E-state index contributed by atoms with van der Waals surface area (Å²) in [4.78, 5) is 48.4. The minimum Gasteiger partial charge on any atom is -0.423 e. The molecule has 234 valence electrons. The third-order valence-electron chi connectivity index (χ3n) is 6.04. The number of hydrogen-bond acceptors (Lipinski definition) is 8. The molecule has 3 aromatic carbocycles. The summed E-state index contributed by atoms with van der Waals surface area (Å²) in [6.07, 6.45) is 7.20. The molecule has 3 aromatic rings. The van der Waals surface area contributed by atoms with E-state index in [9.17, 15) is 19.2 Å². The van der Waals surface area contributed by atoms with E-state index in [4.69, 9.17) is 18.9 Å². The van der Waals surface area contributed by atoms with Gasteiger partial charge >= 0.3 is 23.9 Å². The summed E-state index contributed by atoms with van der Waals surface area (Å²) in [5, 5.41) is 0. The number of carbonyl (C=O) groups is 4. The zero-order valence-electron chi connectivity index (χ0n) is 26.2. The van der Waals surface area contributed by atoms with Crippen molar-refractivity contribution in [2.75, 3.05) is 0 Å². The van der Waals surface area contributed by atoms with Crippen molar-refractivity contribution in [3.63, 3.8) is 0 Å². The Morgan fingerprint density at radius 3 is 1.07 bits per heavy atom. The lowest BCUT2D eigenvalue weighted by molar-refractivity contribution is -0.131. The van der Waals surface area contributed by atoms with Gasteiger partial charge in [0.15, 0.2) is 0 Å². The van der Waals surface area contributed by atoms with Crippen molar-refractivity contribution in [2.24, 2.45) is 0 Å². The van der Waals surface area contributed by atoms with E-state index in [1.165, 1.54) is 39.8 Å². The Bertz CT molecular complexity index is 1670. The molecule has 0 spiro atoms. The van der Waals surface area contributed by atoms with E-state index in [0.29, 0.717) is 11.1 Å². The predicted octanol–water partition coefficient (Wildman–Crippen LogP) is 7.95. The largest absolute Gasteiger partial charge is 0.423 e. The molecule has 0 radical (unpaired) electrons. The topological polar surface area (TPSA) is 105 Å². The first-order valence-corrected chi connectivity index (χ1v) is 14.0. The van der Waals surface area contributed by atoms with Gasteiger partial charge in [-0.15, -0.1) is 0 Å². The van der Waals surface area contributed by atoms with Gasteiger partial charge in [-0.25, -0.2) is 19.2 Å². The van der Waals surface area contributed by atoms with Crippen molar-refractivity contribution in [1.82, 2.24) is 0 Å². The van der Waals surface area contributed by atoms with E-state index in [2.05, 4.69) is 26.3 Å². The average molecular weight is 619 g/mol. The van der Waals surface area contributed by atoms with Crippen LogP contribution >= 0.6 is 0 Å². The molecular weight excluding hydrogens is 584 g/mol. The van der Waals surface area contributed by atoms with Gasteiger partial charge in [0.25, 0.3) is 0 Å². The van der Waals surface area contributed by atoms with Crippen LogP contribution in [-0.2, 0) is 19.2 Å². The van der Waals surface area contributed by atoms with Crippen molar-refractivity contribution < 1.29 is 38.1 Å². The van der Waals surface area contributed by atoms with Gasteiger partial charge in [-0.1, -0.05) is 74.9 Å². The van der Waals surface area contributed by atoms with E-state index >= 15 is 0 Å². The van der Waals surface area contributed by atoms with Crippen molar-refractivity contribution in [1.29, 1.82) is 0 Å². The van der Waals surface area contributed by atoms with Crippen LogP contribution in [0.3, 0.4) is 0 Å². The molecule has 8 heteroatoms. The van der Waals surface area contributed by atoms with Crippen molar-refractivity contribution in [2.45, 2.75) is 27.7 Å². The van der Waals surface area contributed by atoms with Crippen molar-refractivity contribution in [3.8, 4) is 23.0 Å². The summed E-state index contributed by atoms with van der Waals surface area (Å²) in [6, 6.07) is 17.0. The first kappa shape index (κ1) is 34.5. The Balaban J connectivity index is 1.83. The fourth-order valence-corrected chi connectivity index (χ4v) is 3.46. The SMILES string of the molecule is C=C(C)C(=O)Oc1ccc(/C=C/c2ccc(/C=C/c3ccc(OC(=O)C(=C)C)cc3OC(=O)C(=C)C)cc2)c(OC(=O)C(=C)C)c1. The molecule has 0 fully saturated rings. The van der Waals surface area contributed by atoms with Gasteiger partial charge in [0.05, 0.1) is 0 Å². The molecule has 46 heavy (non-hydrogen) atoms. The first-order valence-electron chi connectivity index (χ1n) is 14.0. The van der Waals surface area contributed by atoms with Gasteiger partial charge in [0.2, 0.25) is 0 Å². The van der Waals surface area contributed by atoms with Gasteiger partial charge in [0, 0.05) is 45.6 Å². The maximum atomic E-state index is 12.2. The van der Waals surface area contributed by atoms with E-state index in [1.807, 2.05) is 36.4 Å². The van der Waals surface area contributed by atoms with Crippen LogP contribution in [0.15, 0.2) is 109 Å². The number of esters is 4. The molecule has 0 aliphatic heterocycles. The van der Waals surface area contributed by atoms with Gasteiger partial charge in [-0.2, -0.15) is 0 Å². The zero-order chi connectivity index (χ0) is 34.0. The van der Waals surface area contributed by atoms with Crippen LogP contribution in [0.25, 0.3) is 24.3 Å². The molecule has 0 saturated carbocycles. The van der Waals surface area contributed by atoms with Gasteiger partial charge in [0.1, 0.15) is 23.0 Å². The number of rotatable bonds is 12. The quantitative estimate of drug-likeness (QED) is 0.0872. The number of carbonyl (C=O) groups excluding carboxylic acids is 4. The second-order valence-corrected chi connectivity index (χ2v) is 10.4. The summed E-state index contributed by atoms with van der Waals surface area (Å²) in [5.41, 5.74) is 3.74. The van der Waals surface area contributed by atoms with E-state index < -0.39 is 23.9 Å². The third kappa shape index (κ3) is 10.0. The lowest BCUT2D eigenvalue weighted by Gasteiger charge is -2.11. The van der Waals surface area contributed by atoms with Crippen LogP contribution in [0.4, 0.5) is 0 Å². The molecule has 0 aliphatic carbocycles. The Labute approximate surface area is 268 Å². The molecule has 0 bridgehead atoms. The molecule has 8 nitrogen and oxygen atoms in total. The smallest absolute Gasteiger partial charge is 0.338 e. The lowest BCUT2D eigenvalue weighted by Crippen LogP contribution is -2.11. The Hall–Kier alpha value is -6.02. The van der Waals surface area contributed by atoms with Crippen molar-refractivity contribution >= 4 is 48.2 Å². The second-order valence-electron chi connectivity index (χ2n) is 10.4. The highest BCUT2D eigenvalue weighted by Crippen LogP contribution is 2.30. The minimum atomic E-state index is -0.616. The Morgan fingerprint density at radius 2 is 0.761 bits per heavy atom. The highest BCUT2D eigenvalue weighted by atomic mass is 16.6. The van der Waals surface area contributed by atoms with Crippen LogP contribution < -0.4 is 18.9 Å². The monoisotopic (exact) mass is 618 g/mol. The average Bonchev–Trinajstić information content (AvgIpc) is 3.00. The Morgan fingerprint density at radius 1 is 0.457 bits per heavy atom. The highest BCUT2D eigenvalue weighted by molar-refractivity contribution is 5.92. The molecule has 0 unspecified atom stereocenters. The fourth-order valence-electron chi connectivity index (χ4n) is 3.46. The summed E-state index contributed by atoms with van der Waals surface area (Å²) < 4.78 is 21.5. The normalized spacial score (nSPS) is 10.7. The zero-order valence-corrected chi connectivity index (χ0v) is 26.2. The molecule has 0 heterocycles. The maximum absolute atomic E-state index is 12.2. The number of ether oxygens (including phenoxy) is 4. The highest BCUT2D eigenvalue weighted by Gasteiger charge is 2.14. The summed E-state index contributed by atoms with van der Waals surface area (Å²) >= 11 is 0. The van der Waals surface area contributed by atoms with Crippen LogP contribution in [0, 0.1) is 0 Å². The third-order valence-corrected chi connectivity index (χ3v) is 6.04. The minimum absolute atomic E-state index is 0.194. The van der Waals surface area contributed by atoms with Gasteiger partial charge < -0.3 is 18.9 Å². The van der Waals surface area contributed by atoms with E-state index in [-0.39, 0.29) is 45.3 Å². The van der Waals surface area contributed by atoms with Crippen LogP contribution in [0.5, 0.6) is 23.0 Å². The molecule has 0 amide bonds. The molecule has 0 aromatic heterocycles. The van der Waals surface area contributed by atoms with Crippen LogP contribution in [0.1, 0.15) is 49.9 Å². The van der Waals surface area contributed by atoms with E-state index in [0.717, 1.165) is 11.1 Å². The summed E-state index contributed by atoms with van der Waals surface area (Å²) in [7, 11) is 0. The van der Waals surface area contributed by atoms with E-state index in [1.54, 1.807) is 36.4 Å². The summed E-state index contributed by atoms with van der Waals surface area (Å²) in [6.45, 7) is 20.5. The molecule has 0 atom stereocenters. The van der Waals surface area contributed by atoms with Gasteiger partial charge in [-0.05, 0) is 63.1 Å². The number of benzene rings is 3.